The van der Waals surface area contributed by atoms with Crippen molar-refractivity contribution in [3.05, 3.63) is 56.8 Å². The molecule has 2 aromatic carbocycles. The van der Waals surface area contributed by atoms with Crippen LogP contribution < -0.4 is 15.4 Å². The van der Waals surface area contributed by atoms with E-state index in [1.165, 1.54) is 37.4 Å². The Balaban J connectivity index is 2.07. The van der Waals surface area contributed by atoms with Crippen LogP contribution in [-0.2, 0) is 4.79 Å². The van der Waals surface area contributed by atoms with Gasteiger partial charge in [0, 0.05) is 23.5 Å². The third-order valence-corrected chi connectivity index (χ3v) is 3.66. The maximum absolute atomic E-state index is 13.1. The number of methoxy groups -OCH3 is 1. The molecule has 0 aliphatic rings. The van der Waals surface area contributed by atoms with Gasteiger partial charge in [0.1, 0.15) is 5.82 Å². The Morgan fingerprint density at radius 3 is 2.68 bits per heavy atom. The monoisotopic (exact) mass is 367 g/mol. The van der Waals surface area contributed by atoms with Gasteiger partial charge in [-0.25, -0.2) is 4.39 Å². The zero-order valence-corrected chi connectivity index (χ0v) is 14.2. The Morgan fingerprint density at radius 1 is 1.36 bits per heavy atom. The molecule has 0 aromatic heterocycles. The summed E-state index contributed by atoms with van der Waals surface area (Å²) < 4.78 is 18.1. The minimum absolute atomic E-state index is 0.0455. The maximum Gasteiger partial charge on any atom is 0.311 e. The van der Waals surface area contributed by atoms with Crippen LogP contribution in [-0.4, -0.2) is 24.5 Å². The molecule has 132 valence electrons. The van der Waals surface area contributed by atoms with Crippen LogP contribution in [0.4, 0.5) is 21.5 Å². The summed E-state index contributed by atoms with van der Waals surface area (Å²) in [6.07, 6.45) is 0. The van der Waals surface area contributed by atoms with E-state index >= 15 is 0 Å². The molecule has 0 spiro atoms. The van der Waals surface area contributed by atoms with E-state index in [-0.39, 0.29) is 28.9 Å². The number of halogens is 2. The maximum atomic E-state index is 13.1. The van der Waals surface area contributed by atoms with Gasteiger partial charge in [0.05, 0.1) is 23.6 Å². The quantitative estimate of drug-likeness (QED) is 0.599. The van der Waals surface area contributed by atoms with Crippen molar-refractivity contribution in [2.24, 2.45) is 0 Å². The van der Waals surface area contributed by atoms with Crippen molar-refractivity contribution in [3.63, 3.8) is 0 Å². The number of carbonyl (C=O) groups excluding carboxylic acids is 1. The number of carbonyl (C=O) groups is 1. The Kier molecular flexibility index (Phi) is 5.76. The largest absolute Gasteiger partial charge is 0.490 e. The summed E-state index contributed by atoms with van der Waals surface area (Å²) in [6, 6.07) is 6.72. The predicted molar refractivity (Wildman–Crippen MR) is 92.9 cm³/mol. The van der Waals surface area contributed by atoms with Crippen LogP contribution >= 0.6 is 11.6 Å². The number of nitro benzene ring substituents is 1. The zero-order valence-electron chi connectivity index (χ0n) is 13.4. The topological polar surface area (TPSA) is 93.5 Å². The summed E-state index contributed by atoms with van der Waals surface area (Å²) in [5.41, 5.74) is 1.22. The molecular formula is C16H15ClFN3O4. The second-order valence-corrected chi connectivity index (χ2v) is 5.53. The van der Waals surface area contributed by atoms with Gasteiger partial charge < -0.3 is 15.4 Å². The average Bonchev–Trinajstić information content (AvgIpc) is 2.57. The molecule has 2 N–H and O–H groups in total. The van der Waals surface area contributed by atoms with E-state index in [9.17, 15) is 19.3 Å². The second kappa shape index (κ2) is 7.80. The van der Waals surface area contributed by atoms with Crippen molar-refractivity contribution in [1.82, 2.24) is 0 Å². The van der Waals surface area contributed by atoms with E-state index < -0.39 is 10.7 Å². The molecule has 7 nitrogen and oxygen atoms in total. The predicted octanol–water partition coefficient (Wildman–Crippen LogP) is 3.75. The standard InChI is InChI=1S/C16H15ClFN3O4/c1-9-5-14(21(23)24)15(25-2)7-13(9)20-16(22)8-19-10-3-4-12(18)11(17)6-10/h3-7,19H,8H2,1-2H3,(H,20,22). The number of nitrogens with one attached hydrogen (secondary N) is 2. The van der Waals surface area contributed by atoms with E-state index in [1.54, 1.807) is 6.92 Å². The first-order chi connectivity index (χ1) is 11.8. The first-order valence-corrected chi connectivity index (χ1v) is 7.51. The fraction of sp³-hybridized carbons (Fsp3) is 0.188. The molecule has 0 atom stereocenters. The van der Waals surface area contributed by atoms with Gasteiger partial charge >= 0.3 is 5.69 Å². The summed E-state index contributed by atoms with van der Waals surface area (Å²) in [7, 11) is 1.31. The van der Waals surface area contributed by atoms with Crippen LogP contribution in [0.15, 0.2) is 30.3 Å². The van der Waals surface area contributed by atoms with Crippen molar-refractivity contribution in [2.75, 3.05) is 24.3 Å². The molecule has 0 unspecified atom stereocenters. The molecule has 0 bridgehead atoms. The number of hydrogen-bond acceptors (Lipinski definition) is 5. The molecule has 0 radical (unpaired) electrons. The number of hydrogen-bond donors (Lipinski definition) is 2. The fourth-order valence-corrected chi connectivity index (χ4v) is 2.28. The van der Waals surface area contributed by atoms with Gasteiger partial charge in [-0.1, -0.05) is 11.6 Å². The molecule has 2 rings (SSSR count). The summed E-state index contributed by atoms with van der Waals surface area (Å²) in [6.45, 7) is 1.54. The Bertz CT molecular complexity index is 829. The van der Waals surface area contributed by atoms with Crippen LogP contribution in [0.2, 0.25) is 5.02 Å². The molecule has 1 amide bonds. The lowest BCUT2D eigenvalue weighted by molar-refractivity contribution is -0.385. The number of nitro groups is 1. The number of benzene rings is 2. The smallest absolute Gasteiger partial charge is 0.311 e. The number of aryl methyl sites for hydroxylation is 1. The average molecular weight is 368 g/mol. The van der Waals surface area contributed by atoms with Crippen LogP contribution in [0.25, 0.3) is 0 Å². The van der Waals surface area contributed by atoms with Gasteiger partial charge in [-0.15, -0.1) is 0 Å². The molecular weight excluding hydrogens is 353 g/mol. The molecule has 0 aliphatic heterocycles. The van der Waals surface area contributed by atoms with Crippen LogP contribution in [0.1, 0.15) is 5.56 Å². The van der Waals surface area contributed by atoms with Gasteiger partial charge in [0.15, 0.2) is 5.75 Å². The summed E-state index contributed by atoms with van der Waals surface area (Å²) in [4.78, 5) is 22.5. The summed E-state index contributed by atoms with van der Waals surface area (Å²) >= 11 is 5.67. The van der Waals surface area contributed by atoms with E-state index in [0.717, 1.165) is 0 Å². The minimum Gasteiger partial charge on any atom is -0.490 e. The Hall–Kier alpha value is -2.87. The van der Waals surface area contributed by atoms with Gasteiger partial charge in [0.2, 0.25) is 5.91 Å². The zero-order chi connectivity index (χ0) is 18.6. The number of ether oxygens (including phenoxy) is 1. The van der Waals surface area contributed by atoms with Crippen LogP contribution in [0, 0.1) is 22.9 Å². The van der Waals surface area contributed by atoms with Gasteiger partial charge in [-0.05, 0) is 30.7 Å². The first kappa shape index (κ1) is 18.5. The Morgan fingerprint density at radius 2 is 2.08 bits per heavy atom. The minimum atomic E-state index is -0.558. The molecule has 9 heteroatoms. The number of anilines is 2. The van der Waals surface area contributed by atoms with E-state index in [2.05, 4.69) is 10.6 Å². The van der Waals surface area contributed by atoms with E-state index in [1.807, 2.05) is 0 Å². The van der Waals surface area contributed by atoms with Crippen molar-refractivity contribution in [2.45, 2.75) is 6.92 Å². The highest BCUT2D eigenvalue weighted by atomic mass is 35.5. The molecule has 0 fully saturated rings. The van der Waals surface area contributed by atoms with Crippen molar-refractivity contribution < 1.29 is 18.8 Å². The lowest BCUT2D eigenvalue weighted by Gasteiger charge is -2.12. The van der Waals surface area contributed by atoms with Crippen molar-refractivity contribution in [1.29, 1.82) is 0 Å². The fourth-order valence-electron chi connectivity index (χ4n) is 2.10. The van der Waals surface area contributed by atoms with E-state index in [0.29, 0.717) is 16.9 Å². The number of amides is 1. The van der Waals surface area contributed by atoms with E-state index in [4.69, 9.17) is 16.3 Å². The normalized spacial score (nSPS) is 10.2. The molecule has 0 saturated carbocycles. The number of rotatable bonds is 6. The molecule has 0 saturated heterocycles. The van der Waals surface area contributed by atoms with Gasteiger partial charge in [-0.2, -0.15) is 0 Å². The Labute approximate surface area is 147 Å². The van der Waals surface area contributed by atoms with Gasteiger partial charge in [0.25, 0.3) is 0 Å². The molecule has 0 heterocycles. The molecule has 0 aliphatic carbocycles. The van der Waals surface area contributed by atoms with Gasteiger partial charge in [-0.3, -0.25) is 14.9 Å². The highest BCUT2D eigenvalue weighted by molar-refractivity contribution is 6.31. The third-order valence-electron chi connectivity index (χ3n) is 3.37. The van der Waals surface area contributed by atoms with Crippen LogP contribution in [0.5, 0.6) is 5.75 Å². The second-order valence-electron chi connectivity index (χ2n) is 5.13. The lowest BCUT2D eigenvalue weighted by atomic mass is 10.1. The van der Waals surface area contributed by atoms with Crippen molar-refractivity contribution in [3.8, 4) is 5.75 Å². The highest BCUT2D eigenvalue weighted by Gasteiger charge is 2.18. The van der Waals surface area contributed by atoms with Crippen LogP contribution in [0.3, 0.4) is 0 Å². The first-order valence-electron chi connectivity index (χ1n) is 7.13. The number of nitrogens with zero attached hydrogens (tertiary/aromatic N) is 1. The lowest BCUT2D eigenvalue weighted by Crippen LogP contribution is -2.22. The molecule has 25 heavy (non-hydrogen) atoms. The highest BCUT2D eigenvalue weighted by Crippen LogP contribution is 2.32. The summed E-state index contributed by atoms with van der Waals surface area (Å²) in [5.74, 6) is -0.895. The third kappa shape index (κ3) is 4.57. The van der Waals surface area contributed by atoms with Crippen molar-refractivity contribution >= 4 is 34.6 Å². The summed E-state index contributed by atoms with van der Waals surface area (Å²) in [5, 5.41) is 16.4. The molecule has 2 aromatic rings. The SMILES string of the molecule is COc1cc(NC(=O)CNc2ccc(F)c(Cl)c2)c(C)cc1[N+](=O)[O-].